The number of amides is 3. The van der Waals surface area contributed by atoms with E-state index in [0.29, 0.717) is 32.2 Å². The maximum absolute atomic E-state index is 13.4. The van der Waals surface area contributed by atoms with E-state index in [0.717, 1.165) is 6.07 Å². The quantitative estimate of drug-likeness (QED) is 0.852. The maximum Gasteiger partial charge on any atom is 0.322 e. The molecule has 5 nitrogen and oxygen atoms in total. The minimum atomic E-state index is -0.819. The predicted octanol–water partition coefficient (Wildman–Crippen LogP) is 1.66. The molecule has 1 aromatic carbocycles. The lowest BCUT2D eigenvalue weighted by Gasteiger charge is -2.34. The number of hydrogen-bond acceptors (Lipinski definition) is 2. The van der Waals surface area contributed by atoms with E-state index in [1.165, 1.54) is 17.9 Å². The first-order valence-electron chi connectivity index (χ1n) is 6.24. The van der Waals surface area contributed by atoms with Crippen LogP contribution in [0.25, 0.3) is 0 Å². The number of piperazine rings is 1. The first kappa shape index (κ1) is 14.2. The Bertz CT molecular complexity index is 528. The second-order valence-electron chi connectivity index (χ2n) is 4.55. The number of carbonyl (C=O) groups excluding carboxylic acids is 2. The molecule has 1 saturated heterocycles. The van der Waals surface area contributed by atoms with Crippen LogP contribution in [0.5, 0.6) is 0 Å². The highest BCUT2D eigenvalue weighted by Gasteiger charge is 2.22. The first-order valence-corrected chi connectivity index (χ1v) is 6.24. The smallest absolute Gasteiger partial charge is 0.322 e. The molecular formula is C13H15F2N3O2. The largest absolute Gasteiger partial charge is 0.339 e. The summed E-state index contributed by atoms with van der Waals surface area (Å²) in [4.78, 5) is 26.2. The van der Waals surface area contributed by atoms with E-state index in [1.807, 2.05) is 0 Å². The van der Waals surface area contributed by atoms with Crippen molar-refractivity contribution in [2.45, 2.75) is 6.92 Å². The van der Waals surface area contributed by atoms with E-state index in [4.69, 9.17) is 0 Å². The molecule has 0 atom stereocenters. The lowest BCUT2D eigenvalue weighted by atomic mass is 10.3. The van der Waals surface area contributed by atoms with Gasteiger partial charge in [-0.3, -0.25) is 4.79 Å². The molecule has 108 valence electrons. The minimum Gasteiger partial charge on any atom is -0.339 e. The summed E-state index contributed by atoms with van der Waals surface area (Å²) in [6.07, 6.45) is 0. The number of nitrogens with one attached hydrogen (secondary N) is 1. The summed E-state index contributed by atoms with van der Waals surface area (Å²) >= 11 is 0. The Labute approximate surface area is 115 Å². The number of rotatable bonds is 1. The molecule has 0 aromatic heterocycles. The molecule has 0 spiro atoms. The molecule has 0 radical (unpaired) electrons. The van der Waals surface area contributed by atoms with E-state index < -0.39 is 17.7 Å². The van der Waals surface area contributed by atoms with Crippen molar-refractivity contribution in [3.05, 3.63) is 29.8 Å². The number of hydrogen-bond donors (Lipinski definition) is 1. The Balaban J connectivity index is 1.94. The van der Waals surface area contributed by atoms with Crippen molar-refractivity contribution >= 4 is 17.6 Å². The first-order chi connectivity index (χ1) is 9.47. The van der Waals surface area contributed by atoms with Crippen molar-refractivity contribution < 1.29 is 18.4 Å². The molecule has 0 unspecified atom stereocenters. The highest BCUT2D eigenvalue weighted by Crippen LogP contribution is 2.16. The topological polar surface area (TPSA) is 52.7 Å². The summed E-state index contributed by atoms with van der Waals surface area (Å²) in [5, 5.41) is 2.39. The van der Waals surface area contributed by atoms with Gasteiger partial charge < -0.3 is 15.1 Å². The maximum atomic E-state index is 13.4. The van der Waals surface area contributed by atoms with Crippen LogP contribution in [0.3, 0.4) is 0 Å². The van der Waals surface area contributed by atoms with Gasteiger partial charge in [0, 0.05) is 39.2 Å². The van der Waals surface area contributed by atoms with Gasteiger partial charge in [0.05, 0.1) is 5.69 Å². The summed E-state index contributed by atoms with van der Waals surface area (Å²) in [7, 11) is 0. The third kappa shape index (κ3) is 3.23. The third-order valence-electron chi connectivity index (χ3n) is 3.18. The fourth-order valence-electron chi connectivity index (χ4n) is 2.01. The molecule has 3 amide bonds. The Morgan fingerprint density at radius 3 is 2.25 bits per heavy atom. The van der Waals surface area contributed by atoms with Crippen LogP contribution in [0.15, 0.2) is 18.2 Å². The van der Waals surface area contributed by atoms with Gasteiger partial charge in [-0.05, 0) is 12.1 Å². The SMILES string of the molecule is CC(=O)N1CCN(C(=O)Nc2ccc(F)cc2F)CC1. The second kappa shape index (κ2) is 5.85. The van der Waals surface area contributed by atoms with Crippen molar-refractivity contribution in [3.8, 4) is 0 Å². The summed E-state index contributed by atoms with van der Waals surface area (Å²) < 4.78 is 26.2. The zero-order valence-corrected chi connectivity index (χ0v) is 11.0. The molecule has 1 heterocycles. The van der Waals surface area contributed by atoms with Gasteiger partial charge in [-0.2, -0.15) is 0 Å². The molecule has 2 rings (SSSR count). The fourth-order valence-corrected chi connectivity index (χ4v) is 2.01. The van der Waals surface area contributed by atoms with E-state index >= 15 is 0 Å². The number of benzene rings is 1. The molecule has 0 saturated carbocycles. The van der Waals surface area contributed by atoms with E-state index in [9.17, 15) is 18.4 Å². The van der Waals surface area contributed by atoms with Crippen molar-refractivity contribution in [1.29, 1.82) is 0 Å². The number of urea groups is 1. The summed E-state index contributed by atoms with van der Waals surface area (Å²) in [6.45, 7) is 3.15. The van der Waals surface area contributed by atoms with Crippen molar-refractivity contribution in [2.75, 3.05) is 31.5 Å². The number of anilines is 1. The molecule has 1 aromatic rings. The van der Waals surface area contributed by atoms with Crippen LogP contribution in [0.2, 0.25) is 0 Å². The average molecular weight is 283 g/mol. The van der Waals surface area contributed by atoms with E-state index in [2.05, 4.69) is 5.32 Å². The van der Waals surface area contributed by atoms with E-state index in [-0.39, 0.29) is 11.6 Å². The summed E-state index contributed by atoms with van der Waals surface area (Å²) in [5.41, 5.74) is -0.0644. The Morgan fingerprint density at radius 2 is 1.70 bits per heavy atom. The van der Waals surface area contributed by atoms with Crippen LogP contribution in [0, 0.1) is 11.6 Å². The lowest BCUT2D eigenvalue weighted by Crippen LogP contribution is -2.51. The van der Waals surface area contributed by atoms with Crippen molar-refractivity contribution in [3.63, 3.8) is 0 Å². The molecule has 0 bridgehead atoms. The Morgan fingerprint density at radius 1 is 1.10 bits per heavy atom. The van der Waals surface area contributed by atoms with Gasteiger partial charge in [0.1, 0.15) is 11.6 Å². The van der Waals surface area contributed by atoms with Crippen LogP contribution in [-0.4, -0.2) is 47.9 Å². The second-order valence-corrected chi connectivity index (χ2v) is 4.55. The van der Waals surface area contributed by atoms with E-state index in [1.54, 1.807) is 4.90 Å². The van der Waals surface area contributed by atoms with Gasteiger partial charge in [0.2, 0.25) is 5.91 Å². The summed E-state index contributed by atoms with van der Waals surface area (Å²) in [6, 6.07) is 2.50. The standard InChI is InChI=1S/C13H15F2N3O2/c1-9(19)17-4-6-18(7-5-17)13(20)16-12-3-2-10(14)8-11(12)15/h2-3,8H,4-7H2,1H3,(H,16,20). The van der Waals surface area contributed by atoms with Crippen LogP contribution < -0.4 is 5.32 Å². The Kier molecular flexibility index (Phi) is 4.16. The normalized spacial score (nSPS) is 15.2. The average Bonchev–Trinajstić information content (AvgIpc) is 2.42. The molecule has 1 aliphatic heterocycles. The molecule has 1 N–H and O–H groups in total. The van der Waals surface area contributed by atoms with Crippen LogP contribution >= 0.6 is 0 Å². The zero-order chi connectivity index (χ0) is 14.7. The molecule has 7 heteroatoms. The number of nitrogens with zero attached hydrogens (tertiary/aromatic N) is 2. The molecule has 1 fully saturated rings. The van der Waals surface area contributed by atoms with Gasteiger partial charge in [-0.1, -0.05) is 0 Å². The van der Waals surface area contributed by atoms with Gasteiger partial charge in [0.15, 0.2) is 0 Å². The van der Waals surface area contributed by atoms with Crippen LogP contribution in [-0.2, 0) is 4.79 Å². The number of halogens is 2. The number of carbonyl (C=O) groups is 2. The van der Waals surface area contributed by atoms with Crippen molar-refractivity contribution in [1.82, 2.24) is 9.80 Å². The van der Waals surface area contributed by atoms with Crippen LogP contribution in [0.1, 0.15) is 6.92 Å². The molecule has 0 aliphatic carbocycles. The Hall–Kier alpha value is -2.18. The molecule has 1 aliphatic rings. The predicted molar refractivity (Wildman–Crippen MR) is 69.2 cm³/mol. The minimum absolute atomic E-state index is 0.0327. The monoisotopic (exact) mass is 283 g/mol. The molecule has 20 heavy (non-hydrogen) atoms. The van der Waals surface area contributed by atoms with Gasteiger partial charge in [-0.25, -0.2) is 13.6 Å². The highest BCUT2D eigenvalue weighted by molar-refractivity contribution is 5.89. The van der Waals surface area contributed by atoms with Crippen LogP contribution in [0.4, 0.5) is 19.3 Å². The van der Waals surface area contributed by atoms with Gasteiger partial charge in [0.25, 0.3) is 0 Å². The highest BCUT2D eigenvalue weighted by atomic mass is 19.1. The lowest BCUT2D eigenvalue weighted by molar-refractivity contribution is -0.130. The third-order valence-corrected chi connectivity index (χ3v) is 3.18. The fraction of sp³-hybridized carbons (Fsp3) is 0.385. The summed E-state index contributed by atoms with van der Waals surface area (Å²) in [5.74, 6) is -1.55. The zero-order valence-electron chi connectivity index (χ0n) is 11.0. The van der Waals surface area contributed by atoms with Gasteiger partial charge >= 0.3 is 6.03 Å². The molecular weight excluding hydrogens is 268 g/mol. The van der Waals surface area contributed by atoms with Gasteiger partial charge in [-0.15, -0.1) is 0 Å². The van der Waals surface area contributed by atoms with Crippen molar-refractivity contribution in [2.24, 2.45) is 0 Å².